The van der Waals surface area contributed by atoms with E-state index in [-0.39, 0.29) is 12.1 Å². The molecule has 1 N–H and O–H groups in total. The fourth-order valence-electron chi connectivity index (χ4n) is 4.32. The number of rotatable bonds is 6. The molecule has 3 aromatic carbocycles. The van der Waals surface area contributed by atoms with Crippen LogP contribution in [-0.4, -0.2) is 31.6 Å². The maximum absolute atomic E-state index is 12.7. The van der Waals surface area contributed by atoms with Crippen molar-refractivity contribution in [1.82, 2.24) is 10.2 Å². The van der Waals surface area contributed by atoms with Crippen molar-refractivity contribution in [1.29, 1.82) is 0 Å². The molecule has 0 saturated heterocycles. The summed E-state index contributed by atoms with van der Waals surface area (Å²) in [4.78, 5) is 14.3. The minimum Gasteiger partial charge on any atom is -0.410 e. The van der Waals surface area contributed by atoms with Crippen molar-refractivity contribution in [2.45, 2.75) is 32.2 Å². The minimum absolute atomic E-state index is 0.193. The van der Waals surface area contributed by atoms with E-state index in [9.17, 15) is 4.79 Å². The van der Waals surface area contributed by atoms with Crippen molar-refractivity contribution < 1.29 is 9.53 Å². The third-order valence-corrected chi connectivity index (χ3v) is 6.40. The zero-order valence-corrected chi connectivity index (χ0v) is 19.7. The van der Waals surface area contributed by atoms with Crippen molar-refractivity contribution in [3.63, 3.8) is 0 Å². The third kappa shape index (κ3) is 5.35. The number of ether oxygens (including phenoxy) is 1. The molecule has 1 aliphatic rings. The number of hydrogen-bond acceptors (Lipinski definition) is 3. The van der Waals surface area contributed by atoms with E-state index < -0.39 is 0 Å². The lowest BCUT2D eigenvalue weighted by Gasteiger charge is -2.18. The molecule has 4 heteroatoms. The van der Waals surface area contributed by atoms with Gasteiger partial charge in [0.25, 0.3) is 0 Å². The Morgan fingerprint density at radius 1 is 1.00 bits per heavy atom. The van der Waals surface area contributed by atoms with E-state index in [1.807, 2.05) is 31.3 Å². The van der Waals surface area contributed by atoms with Gasteiger partial charge in [-0.2, -0.15) is 0 Å². The standard InChI is InChI=1S/C29H32N2O2/c1-21(30-2)24-12-8-13-25(20-24)33-29(32)31(3)19-9-16-28-26-14-6-4-10-22(26)17-18-23-11-5-7-15-27(23)28/h4-8,10-16,20-21,30H,9,17-19H2,1-3H3/t21-/m0/s1. The molecule has 1 amide bonds. The highest BCUT2D eigenvalue weighted by Gasteiger charge is 2.18. The van der Waals surface area contributed by atoms with Gasteiger partial charge in [0.1, 0.15) is 5.75 Å². The van der Waals surface area contributed by atoms with Crippen molar-refractivity contribution in [3.8, 4) is 5.75 Å². The number of amides is 1. The highest BCUT2D eigenvalue weighted by Crippen LogP contribution is 2.33. The van der Waals surface area contributed by atoms with Gasteiger partial charge in [0.2, 0.25) is 0 Å². The monoisotopic (exact) mass is 440 g/mol. The molecular weight excluding hydrogens is 408 g/mol. The molecule has 0 saturated carbocycles. The lowest BCUT2D eigenvalue weighted by molar-refractivity contribution is 0.163. The Hall–Kier alpha value is -3.37. The summed E-state index contributed by atoms with van der Waals surface area (Å²) in [6.07, 6.45) is 4.76. The minimum atomic E-state index is -0.343. The van der Waals surface area contributed by atoms with Crippen LogP contribution in [0.25, 0.3) is 5.57 Å². The smallest absolute Gasteiger partial charge is 0.410 e. The van der Waals surface area contributed by atoms with Crippen LogP contribution < -0.4 is 10.1 Å². The second kappa shape index (κ2) is 10.5. The molecule has 0 aromatic heterocycles. The number of aryl methyl sites for hydroxylation is 2. The van der Waals surface area contributed by atoms with Gasteiger partial charge in [-0.25, -0.2) is 4.79 Å². The van der Waals surface area contributed by atoms with Gasteiger partial charge in [0.05, 0.1) is 0 Å². The number of nitrogens with zero attached hydrogens (tertiary/aromatic N) is 1. The lowest BCUT2D eigenvalue weighted by Crippen LogP contribution is -2.30. The molecule has 0 aliphatic heterocycles. The average molecular weight is 441 g/mol. The van der Waals surface area contributed by atoms with E-state index >= 15 is 0 Å². The van der Waals surface area contributed by atoms with Gasteiger partial charge >= 0.3 is 6.09 Å². The number of hydrogen-bond donors (Lipinski definition) is 1. The molecule has 0 heterocycles. The van der Waals surface area contributed by atoms with Gasteiger partial charge in [0, 0.05) is 19.6 Å². The quantitative estimate of drug-likeness (QED) is 0.510. The first-order valence-corrected chi connectivity index (χ1v) is 11.6. The first-order valence-electron chi connectivity index (χ1n) is 11.6. The summed E-state index contributed by atoms with van der Waals surface area (Å²) >= 11 is 0. The van der Waals surface area contributed by atoms with Gasteiger partial charge in [-0.05, 0) is 78.8 Å². The van der Waals surface area contributed by atoms with E-state index in [1.54, 1.807) is 11.9 Å². The van der Waals surface area contributed by atoms with Gasteiger partial charge < -0.3 is 15.0 Å². The molecule has 0 fully saturated rings. The van der Waals surface area contributed by atoms with Crippen LogP contribution in [0.2, 0.25) is 0 Å². The summed E-state index contributed by atoms with van der Waals surface area (Å²) in [5, 5.41) is 3.20. The molecule has 0 unspecified atom stereocenters. The molecule has 170 valence electrons. The molecule has 1 aliphatic carbocycles. The molecule has 3 aromatic rings. The first kappa shape index (κ1) is 22.8. The summed E-state index contributed by atoms with van der Waals surface area (Å²) in [7, 11) is 3.70. The molecule has 33 heavy (non-hydrogen) atoms. The predicted octanol–water partition coefficient (Wildman–Crippen LogP) is 6.02. The van der Waals surface area contributed by atoms with Crippen molar-refractivity contribution >= 4 is 11.7 Å². The summed E-state index contributed by atoms with van der Waals surface area (Å²) in [5.41, 5.74) is 7.69. The normalized spacial score (nSPS) is 13.4. The highest BCUT2D eigenvalue weighted by atomic mass is 16.6. The second-order valence-electron chi connectivity index (χ2n) is 8.59. The van der Waals surface area contributed by atoms with Crippen LogP contribution >= 0.6 is 0 Å². The van der Waals surface area contributed by atoms with E-state index in [0.29, 0.717) is 12.3 Å². The van der Waals surface area contributed by atoms with E-state index in [4.69, 9.17) is 4.74 Å². The average Bonchev–Trinajstić information content (AvgIpc) is 3.01. The summed E-state index contributed by atoms with van der Waals surface area (Å²) in [5.74, 6) is 0.566. The number of nitrogens with one attached hydrogen (secondary N) is 1. The Morgan fingerprint density at radius 2 is 1.64 bits per heavy atom. The van der Waals surface area contributed by atoms with Crippen molar-refractivity contribution in [2.24, 2.45) is 0 Å². The fourth-order valence-corrected chi connectivity index (χ4v) is 4.32. The second-order valence-corrected chi connectivity index (χ2v) is 8.59. The van der Waals surface area contributed by atoms with Crippen LogP contribution in [0.15, 0.2) is 78.9 Å². The van der Waals surface area contributed by atoms with Crippen LogP contribution in [0.3, 0.4) is 0 Å². The largest absolute Gasteiger partial charge is 0.414 e. The molecule has 0 bridgehead atoms. The van der Waals surface area contributed by atoms with Gasteiger partial charge in [0.15, 0.2) is 0 Å². The Balaban J connectivity index is 1.46. The molecule has 0 spiro atoms. The lowest BCUT2D eigenvalue weighted by atomic mass is 9.93. The highest BCUT2D eigenvalue weighted by molar-refractivity contribution is 5.84. The van der Waals surface area contributed by atoms with Crippen LogP contribution in [0, 0.1) is 0 Å². The summed E-state index contributed by atoms with van der Waals surface area (Å²) < 4.78 is 5.63. The maximum atomic E-state index is 12.7. The molecule has 0 radical (unpaired) electrons. The Kier molecular flexibility index (Phi) is 7.26. The molecule has 4 rings (SSSR count). The van der Waals surface area contributed by atoms with Crippen LogP contribution in [-0.2, 0) is 12.8 Å². The number of carbonyl (C=O) groups is 1. The Bertz CT molecular complexity index is 1100. The Labute approximate surface area is 196 Å². The molecule has 4 nitrogen and oxygen atoms in total. The zero-order valence-electron chi connectivity index (χ0n) is 19.7. The van der Waals surface area contributed by atoms with Crippen LogP contribution in [0.4, 0.5) is 4.79 Å². The van der Waals surface area contributed by atoms with Gasteiger partial charge in [-0.1, -0.05) is 66.7 Å². The zero-order chi connectivity index (χ0) is 23.2. The van der Waals surface area contributed by atoms with Gasteiger partial charge in [-0.3, -0.25) is 0 Å². The van der Waals surface area contributed by atoms with E-state index in [2.05, 4.69) is 66.8 Å². The van der Waals surface area contributed by atoms with Gasteiger partial charge in [-0.15, -0.1) is 0 Å². The maximum Gasteiger partial charge on any atom is 0.414 e. The number of carbonyl (C=O) groups excluding carboxylic acids is 1. The first-order chi connectivity index (χ1) is 16.1. The van der Waals surface area contributed by atoms with Crippen LogP contribution in [0.5, 0.6) is 5.75 Å². The fraction of sp³-hybridized carbons (Fsp3) is 0.276. The van der Waals surface area contributed by atoms with Crippen molar-refractivity contribution in [2.75, 3.05) is 20.6 Å². The van der Waals surface area contributed by atoms with Crippen molar-refractivity contribution in [3.05, 3.63) is 107 Å². The SMILES string of the molecule is CN[C@@H](C)c1cccc(OC(=O)N(C)CCC=C2c3ccccc3CCc3ccccc32)c1. The number of fused-ring (bicyclic) bond motifs is 2. The van der Waals surface area contributed by atoms with E-state index in [0.717, 1.165) is 24.8 Å². The topological polar surface area (TPSA) is 41.6 Å². The third-order valence-electron chi connectivity index (χ3n) is 6.40. The summed E-state index contributed by atoms with van der Waals surface area (Å²) in [6.45, 7) is 2.66. The molecular formula is C29H32N2O2. The van der Waals surface area contributed by atoms with Crippen LogP contribution in [0.1, 0.15) is 47.2 Å². The van der Waals surface area contributed by atoms with E-state index in [1.165, 1.54) is 27.8 Å². The Morgan fingerprint density at radius 3 is 2.27 bits per heavy atom. The molecule has 1 atom stereocenters. The summed E-state index contributed by atoms with van der Waals surface area (Å²) in [6, 6.07) is 25.2. The number of benzene rings is 3. The predicted molar refractivity (Wildman–Crippen MR) is 135 cm³/mol.